The average molecular weight is 219 g/mol. The molecule has 0 bridgehead atoms. The number of aryl methyl sites for hydroxylation is 1. The number of carbonyl (C=O) groups excluding carboxylic acids is 1. The third kappa shape index (κ3) is 2.92. The third-order valence-electron chi connectivity index (χ3n) is 3.04. The van der Waals surface area contributed by atoms with E-state index in [-0.39, 0.29) is 11.7 Å². The van der Waals surface area contributed by atoms with Crippen molar-refractivity contribution in [3.05, 3.63) is 35.4 Å². The van der Waals surface area contributed by atoms with Gasteiger partial charge in [-0.05, 0) is 17.9 Å². The van der Waals surface area contributed by atoms with Crippen molar-refractivity contribution in [3.63, 3.8) is 0 Å². The highest BCUT2D eigenvalue weighted by Crippen LogP contribution is 2.17. The van der Waals surface area contributed by atoms with Crippen molar-refractivity contribution < 1.29 is 4.79 Å². The first-order valence-electron chi connectivity index (χ1n) is 5.93. The number of carbonyl (C=O) groups is 1. The third-order valence-corrected chi connectivity index (χ3v) is 3.04. The van der Waals surface area contributed by atoms with Crippen molar-refractivity contribution >= 4 is 5.78 Å². The molecule has 2 N–H and O–H groups in total. The van der Waals surface area contributed by atoms with Crippen LogP contribution >= 0.6 is 0 Å². The van der Waals surface area contributed by atoms with Crippen molar-refractivity contribution in [2.45, 2.75) is 27.2 Å². The van der Waals surface area contributed by atoms with E-state index in [1.54, 1.807) is 0 Å². The zero-order valence-corrected chi connectivity index (χ0v) is 10.4. The number of nitrogens with two attached hydrogens (primary N) is 1. The van der Waals surface area contributed by atoms with Crippen LogP contribution in [0.15, 0.2) is 24.3 Å². The second-order valence-electron chi connectivity index (χ2n) is 4.50. The highest BCUT2D eigenvalue weighted by molar-refractivity contribution is 5.98. The highest BCUT2D eigenvalue weighted by Gasteiger charge is 2.21. The Morgan fingerprint density at radius 1 is 1.25 bits per heavy atom. The van der Waals surface area contributed by atoms with Gasteiger partial charge in [0.2, 0.25) is 0 Å². The number of ketones is 1. The van der Waals surface area contributed by atoms with Gasteiger partial charge in [-0.25, -0.2) is 0 Å². The molecule has 0 aliphatic carbocycles. The monoisotopic (exact) mass is 219 g/mol. The second kappa shape index (κ2) is 5.80. The molecule has 1 aromatic rings. The normalized spacial score (nSPS) is 12.8. The van der Waals surface area contributed by atoms with E-state index in [1.165, 1.54) is 5.56 Å². The lowest BCUT2D eigenvalue weighted by Gasteiger charge is -2.17. The fraction of sp³-hybridized carbons (Fsp3) is 0.500. The average Bonchev–Trinajstić information content (AvgIpc) is 2.29. The molecule has 16 heavy (non-hydrogen) atoms. The minimum Gasteiger partial charge on any atom is -0.330 e. The van der Waals surface area contributed by atoms with Gasteiger partial charge in [0.05, 0.1) is 0 Å². The Balaban J connectivity index is 2.86. The number of rotatable bonds is 5. The number of hydrogen-bond donors (Lipinski definition) is 1. The molecular formula is C14H21NO. The Hall–Kier alpha value is -1.15. The van der Waals surface area contributed by atoms with Crippen LogP contribution in [0.1, 0.15) is 36.7 Å². The zero-order valence-electron chi connectivity index (χ0n) is 10.4. The van der Waals surface area contributed by atoms with Gasteiger partial charge in [-0.3, -0.25) is 4.79 Å². The van der Waals surface area contributed by atoms with Crippen molar-refractivity contribution in [2.24, 2.45) is 17.6 Å². The van der Waals surface area contributed by atoms with E-state index in [1.807, 2.05) is 38.1 Å². The molecule has 88 valence electrons. The molecule has 0 aliphatic heterocycles. The molecule has 2 heteroatoms. The number of Topliss-reactive ketones (excluding diaryl/α,β-unsaturated/α-hetero) is 1. The van der Waals surface area contributed by atoms with Gasteiger partial charge in [-0.15, -0.1) is 0 Å². The van der Waals surface area contributed by atoms with Crippen molar-refractivity contribution in [3.8, 4) is 0 Å². The molecule has 0 aliphatic rings. The van der Waals surface area contributed by atoms with E-state index in [0.29, 0.717) is 12.5 Å². The van der Waals surface area contributed by atoms with Crippen LogP contribution in [0.5, 0.6) is 0 Å². The summed E-state index contributed by atoms with van der Waals surface area (Å²) in [6, 6.07) is 7.85. The van der Waals surface area contributed by atoms with Crippen molar-refractivity contribution in [1.82, 2.24) is 0 Å². The van der Waals surface area contributed by atoms with Crippen LogP contribution in [-0.4, -0.2) is 12.3 Å². The molecule has 0 spiro atoms. The molecule has 1 unspecified atom stereocenters. The smallest absolute Gasteiger partial charge is 0.167 e. The van der Waals surface area contributed by atoms with Gasteiger partial charge < -0.3 is 5.73 Å². The summed E-state index contributed by atoms with van der Waals surface area (Å²) >= 11 is 0. The first kappa shape index (κ1) is 12.9. The van der Waals surface area contributed by atoms with Crippen molar-refractivity contribution in [2.75, 3.05) is 6.54 Å². The summed E-state index contributed by atoms with van der Waals surface area (Å²) in [6.07, 6.45) is 0.999. The maximum Gasteiger partial charge on any atom is 0.167 e. The van der Waals surface area contributed by atoms with Gasteiger partial charge in [0.1, 0.15) is 0 Å². The summed E-state index contributed by atoms with van der Waals surface area (Å²) in [5, 5.41) is 0. The molecule has 2 nitrogen and oxygen atoms in total. The quantitative estimate of drug-likeness (QED) is 0.774. The standard InChI is InChI=1S/C14H21NO/c1-4-11-5-7-12(8-6-11)14(16)13(9-15)10(2)3/h5-8,10,13H,4,9,15H2,1-3H3. The van der Waals surface area contributed by atoms with Gasteiger partial charge >= 0.3 is 0 Å². The van der Waals surface area contributed by atoms with Crippen LogP contribution in [0.4, 0.5) is 0 Å². The van der Waals surface area contributed by atoms with E-state index < -0.39 is 0 Å². The fourth-order valence-corrected chi connectivity index (χ4v) is 1.80. The molecule has 0 saturated heterocycles. The van der Waals surface area contributed by atoms with E-state index >= 15 is 0 Å². The van der Waals surface area contributed by atoms with Gasteiger partial charge in [-0.1, -0.05) is 45.0 Å². The van der Waals surface area contributed by atoms with Crippen LogP contribution in [0, 0.1) is 11.8 Å². The topological polar surface area (TPSA) is 43.1 Å². The Kier molecular flexibility index (Phi) is 4.69. The van der Waals surface area contributed by atoms with Crippen LogP contribution < -0.4 is 5.73 Å². The molecule has 0 heterocycles. The predicted octanol–water partition coefficient (Wildman–Crippen LogP) is 2.66. The Morgan fingerprint density at radius 2 is 1.81 bits per heavy atom. The summed E-state index contributed by atoms with van der Waals surface area (Å²) in [5.74, 6) is 0.399. The Bertz CT molecular complexity index is 340. The molecule has 0 radical (unpaired) electrons. The molecular weight excluding hydrogens is 198 g/mol. The van der Waals surface area contributed by atoms with Crippen molar-refractivity contribution in [1.29, 1.82) is 0 Å². The molecule has 0 fully saturated rings. The minimum atomic E-state index is -0.0625. The van der Waals surface area contributed by atoms with Crippen LogP contribution in [-0.2, 0) is 6.42 Å². The van der Waals surface area contributed by atoms with E-state index in [4.69, 9.17) is 5.73 Å². The van der Waals surface area contributed by atoms with Gasteiger partial charge in [0.15, 0.2) is 5.78 Å². The fourth-order valence-electron chi connectivity index (χ4n) is 1.80. The molecule has 0 aromatic heterocycles. The summed E-state index contributed by atoms with van der Waals surface area (Å²) in [6.45, 7) is 6.60. The zero-order chi connectivity index (χ0) is 12.1. The van der Waals surface area contributed by atoms with Gasteiger partial charge in [0, 0.05) is 18.0 Å². The summed E-state index contributed by atoms with van der Waals surface area (Å²) in [7, 11) is 0. The maximum absolute atomic E-state index is 12.1. The first-order valence-corrected chi connectivity index (χ1v) is 5.93. The molecule has 1 aromatic carbocycles. The Morgan fingerprint density at radius 3 is 2.19 bits per heavy atom. The number of hydrogen-bond acceptors (Lipinski definition) is 2. The number of benzene rings is 1. The second-order valence-corrected chi connectivity index (χ2v) is 4.50. The minimum absolute atomic E-state index is 0.0625. The molecule has 0 amide bonds. The summed E-state index contributed by atoms with van der Waals surface area (Å²) in [5.41, 5.74) is 7.68. The largest absolute Gasteiger partial charge is 0.330 e. The van der Waals surface area contributed by atoms with E-state index in [2.05, 4.69) is 6.92 Å². The lowest BCUT2D eigenvalue weighted by Crippen LogP contribution is -2.28. The summed E-state index contributed by atoms with van der Waals surface area (Å²) < 4.78 is 0. The molecule has 0 saturated carbocycles. The van der Waals surface area contributed by atoms with Gasteiger partial charge in [0.25, 0.3) is 0 Å². The van der Waals surface area contributed by atoms with E-state index in [9.17, 15) is 4.79 Å². The lowest BCUT2D eigenvalue weighted by atomic mass is 9.88. The molecule has 1 rings (SSSR count). The van der Waals surface area contributed by atoms with Crippen LogP contribution in [0.2, 0.25) is 0 Å². The molecule has 1 atom stereocenters. The van der Waals surface area contributed by atoms with Crippen LogP contribution in [0.3, 0.4) is 0 Å². The first-order chi connectivity index (χ1) is 7.60. The predicted molar refractivity (Wildman–Crippen MR) is 67.5 cm³/mol. The van der Waals surface area contributed by atoms with E-state index in [0.717, 1.165) is 12.0 Å². The van der Waals surface area contributed by atoms with Gasteiger partial charge in [-0.2, -0.15) is 0 Å². The Labute approximate surface area is 97.9 Å². The summed E-state index contributed by atoms with van der Waals surface area (Å²) in [4.78, 5) is 12.1. The SMILES string of the molecule is CCc1ccc(C(=O)C(CN)C(C)C)cc1. The maximum atomic E-state index is 12.1. The van der Waals surface area contributed by atoms with Crippen LogP contribution in [0.25, 0.3) is 0 Å². The lowest BCUT2D eigenvalue weighted by molar-refractivity contribution is 0.0892. The highest BCUT2D eigenvalue weighted by atomic mass is 16.1.